The zero-order valence-corrected chi connectivity index (χ0v) is 12.6. The van der Waals surface area contributed by atoms with Crippen molar-refractivity contribution in [2.45, 2.75) is 31.8 Å². The van der Waals surface area contributed by atoms with E-state index in [2.05, 4.69) is 16.6 Å². The van der Waals surface area contributed by atoms with Crippen LogP contribution in [0, 0.1) is 18.2 Å². The average molecular weight is 319 g/mol. The van der Waals surface area contributed by atoms with Crippen molar-refractivity contribution in [3.05, 3.63) is 35.6 Å². The summed E-state index contributed by atoms with van der Waals surface area (Å²) in [7, 11) is 0. The second-order valence-corrected chi connectivity index (χ2v) is 4.96. The van der Waals surface area contributed by atoms with Gasteiger partial charge >= 0.3 is 0 Å². The number of nitrogens with one attached hydrogen (secondary N) is 2. The van der Waals surface area contributed by atoms with E-state index in [0.29, 0.717) is 5.56 Å². The molecule has 1 rings (SSSR count). The maximum Gasteiger partial charge on any atom is 0.243 e. The Balaban J connectivity index is 2.88. The molecule has 0 spiro atoms. The molecule has 2 atom stereocenters. The summed E-state index contributed by atoms with van der Waals surface area (Å²) in [5.74, 6) is -0.0453. The summed E-state index contributed by atoms with van der Waals surface area (Å²) in [6, 6.07) is 3.64. The molecular weight excluding hydrogens is 301 g/mol. The number of primary amides is 1. The zero-order valence-electron chi connectivity index (χ0n) is 12.6. The molecule has 0 aliphatic heterocycles. The van der Waals surface area contributed by atoms with Crippen LogP contribution in [-0.4, -0.2) is 29.8 Å². The lowest BCUT2D eigenvalue weighted by Gasteiger charge is -2.20. The molecule has 0 radical (unpaired) electrons. The highest BCUT2D eigenvalue weighted by atomic mass is 19.1. The van der Waals surface area contributed by atoms with Crippen LogP contribution in [0.15, 0.2) is 24.3 Å². The predicted molar refractivity (Wildman–Crippen MR) is 82.3 cm³/mol. The van der Waals surface area contributed by atoms with E-state index in [9.17, 15) is 18.8 Å². The molecule has 0 saturated carbocycles. The molecule has 0 bridgehead atoms. The number of carbonyl (C=O) groups excluding carboxylic acids is 3. The quantitative estimate of drug-likeness (QED) is 0.610. The van der Waals surface area contributed by atoms with Crippen LogP contribution in [0.5, 0.6) is 0 Å². The molecule has 6 nitrogen and oxygen atoms in total. The summed E-state index contributed by atoms with van der Waals surface area (Å²) in [6.07, 6.45) is 5.12. The molecule has 0 unspecified atom stereocenters. The maximum atomic E-state index is 13.2. The van der Waals surface area contributed by atoms with Gasteiger partial charge in [-0.15, -0.1) is 12.3 Å². The highest BCUT2D eigenvalue weighted by Gasteiger charge is 2.24. The summed E-state index contributed by atoms with van der Waals surface area (Å²) < 4.78 is 13.2. The van der Waals surface area contributed by atoms with Crippen LogP contribution < -0.4 is 16.4 Å². The third-order valence-electron chi connectivity index (χ3n) is 3.00. The van der Waals surface area contributed by atoms with Crippen molar-refractivity contribution in [2.75, 3.05) is 0 Å². The number of halogens is 1. The van der Waals surface area contributed by atoms with Gasteiger partial charge in [-0.25, -0.2) is 4.39 Å². The minimum absolute atomic E-state index is 0.0602. The molecule has 0 aliphatic rings. The van der Waals surface area contributed by atoms with E-state index in [1.165, 1.54) is 25.1 Å². The molecule has 7 heteroatoms. The SMILES string of the molecule is C#CC[C@@H](NC(=O)[C@@H](Cc1cccc(F)c1)NC(C)=O)C(N)=O. The van der Waals surface area contributed by atoms with E-state index in [1.54, 1.807) is 6.07 Å². The minimum Gasteiger partial charge on any atom is -0.368 e. The number of benzene rings is 1. The second-order valence-electron chi connectivity index (χ2n) is 4.96. The normalized spacial score (nSPS) is 12.6. The smallest absolute Gasteiger partial charge is 0.243 e. The van der Waals surface area contributed by atoms with Crippen LogP contribution in [0.4, 0.5) is 4.39 Å². The van der Waals surface area contributed by atoms with E-state index in [0.717, 1.165) is 0 Å². The first kappa shape index (κ1) is 18.2. The second kappa shape index (κ2) is 8.54. The van der Waals surface area contributed by atoms with Gasteiger partial charge in [0.1, 0.15) is 17.9 Å². The molecule has 1 aromatic carbocycles. The van der Waals surface area contributed by atoms with Crippen LogP contribution >= 0.6 is 0 Å². The number of hydrogen-bond donors (Lipinski definition) is 3. The van der Waals surface area contributed by atoms with Crippen molar-refractivity contribution in [1.29, 1.82) is 0 Å². The highest BCUT2D eigenvalue weighted by Crippen LogP contribution is 2.07. The van der Waals surface area contributed by atoms with Crippen LogP contribution in [0.1, 0.15) is 18.9 Å². The zero-order chi connectivity index (χ0) is 17.4. The van der Waals surface area contributed by atoms with Gasteiger partial charge < -0.3 is 16.4 Å². The standard InChI is InChI=1S/C16H18FN3O3/c1-3-5-13(15(18)22)20-16(23)14(19-10(2)21)9-11-6-4-7-12(17)8-11/h1,4,6-8,13-14H,5,9H2,2H3,(H2,18,22)(H,19,21)(H,20,23)/t13-,14-/m1/s1. The Hall–Kier alpha value is -2.88. The highest BCUT2D eigenvalue weighted by molar-refractivity contribution is 5.91. The van der Waals surface area contributed by atoms with Crippen LogP contribution in [0.25, 0.3) is 0 Å². The van der Waals surface area contributed by atoms with Crippen molar-refractivity contribution in [3.8, 4) is 12.3 Å². The Morgan fingerprint density at radius 2 is 2.00 bits per heavy atom. The van der Waals surface area contributed by atoms with Gasteiger partial charge in [0, 0.05) is 19.8 Å². The number of nitrogens with two attached hydrogens (primary N) is 1. The Labute approximate surface area is 133 Å². The monoisotopic (exact) mass is 319 g/mol. The number of hydrogen-bond acceptors (Lipinski definition) is 3. The van der Waals surface area contributed by atoms with Crippen LogP contribution in [0.2, 0.25) is 0 Å². The lowest BCUT2D eigenvalue weighted by Crippen LogP contribution is -2.53. The molecule has 0 aromatic heterocycles. The van der Waals surface area contributed by atoms with E-state index in [1.807, 2.05) is 0 Å². The maximum absolute atomic E-state index is 13.2. The van der Waals surface area contributed by atoms with Crippen molar-refractivity contribution < 1.29 is 18.8 Å². The molecule has 0 saturated heterocycles. The third-order valence-corrected chi connectivity index (χ3v) is 3.00. The molecule has 122 valence electrons. The number of terminal acetylenes is 1. The average Bonchev–Trinajstić information content (AvgIpc) is 2.45. The molecule has 0 heterocycles. The topological polar surface area (TPSA) is 101 Å². The van der Waals surface area contributed by atoms with Gasteiger partial charge in [-0.2, -0.15) is 0 Å². The Morgan fingerprint density at radius 3 is 2.52 bits per heavy atom. The third kappa shape index (κ3) is 6.18. The fourth-order valence-corrected chi connectivity index (χ4v) is 1.97. The van der Waals surface area contributed by atoms with Crippen molar-refractivity contribution in [2.24, 2.45) is 5.73 Å². The molecule has 3 amide bonds. The summed E-state index contributed by atoms with van der Waals surface area (Å²) >= 11 is 0. The molecule has 0 aliphatic carbocycles. The number of carbonyl (C=O) groups is 3. The molecule has 0 fully saturated rings. The first-order valence-corrected chi connectivity index (χ1v) is 6.88. The lowest BCUT2D eigenvalue weighted by atomic mass is 10.0. The van der Waals surface area contributed by atoms with Gasteiger partial charge in [-0.3, -0.25) is 14.4 Å². The Morgan fingerprint density at radius 1 is 1.30 bits per heavy atom. The Kier molecular flexibility index (Phi) is 6.74. The van der Waals surface area contributed by atoms with Crippen molar-refractivity contribution in [3.63, 3.8) is 0 Å². The lowest BCUT2D eigenvalue weighted by molar-refractivity contribution is -0.130. The van der Waals surface area contributed by atoms with Crippen LogP contribution in [0.3, 0.4) is 0 Å². The first-order chi connectivity index (χ1) is 10.8. The number of amides is 3. The van der Waals surface area contributed by atoms with Crippen molar-refractivity contribution >= 4 is 17.7 Å². The fourth-order valence-electron chi connectivity index (χ4n) is 1.97. The van der Waals surface area contributed by atoms with Gasteiger partial charge in [0.15, 0.2) is 0 Å². The summed E-state index contributed by atoms with van der Waals surface area (Å²) in [4.78, 5) is 34.8. The molecule has 1 aromatic rings. The largest absolute Gasteiger partial charge is 0.368 e. The summed E-state index contributed by atoms with van der Waals surface area (Å²) in [6.45, 7) is 1.25. The van der Waals surface area contributed by atoms with E-state index in [4.69, 9.17) is 12.2 Å². The van der Waals surface area contributed by atoms with E-state index >= 15 is 0 Å². The summed E-state index contributed by atoms with van der Waals surface area (Å²) in [5, 5.41) is 4.85. The fraction of sp³-hybridized carbons (Fsp3) is 0.312. The van der Waals surface area contributed by atoms with Crippen molar-refractivity contribution in [1.82, 2.24) is 10.6 Å². The van der Waals surface area contributed by atoms with Gasteiger partial charge in [0.05, 0.1) is 0 Å². The molecular formula is C16H18FN3O3. The van der Waals surface area contributed by atoms with E-state index in [-0.39, 0.29) is 12.8 Å². The predicted octanol–water partition coefficient (Wildman–Crippen LogP) is -0.134. The van der Waals surface area contributed by atoms with E-state index < -0.39 is 35.6 Å². The molecule has 4 N–H and O–H groups in total. The number of rotatable bonds is 7. The van der Waals surface area contributed by atoms with Gasteiger partial charge in [0.2, 0.25) is 17.7 Å². The van der Waals surface area contributed by atoms with Gasteiger partial charge in [-0.05, 0) is 17.7 Å². The molecule has 23 heavy (non-hydrogen) atoms. The van der Waals surface area contributed by atoms with Crippen LogP contribution in [-0.2, 0) is 20.8 Å². The Bertz CT molecular complexity index is 640. The minimum atomic E-state index is -1.03. The first-order valence-electron chi connectivity index (χ1n) is 6.88. The van der Waals surface area contributed by atoms with Gasteiger partial charge in [-0.1, -0.05) is 12.1 Å². The summed E-state index contributed by atoms with van der Waals surface area (Å²) in [5.41, 5.74) is 5.68. The van der Waals surface area contributed by atoms with Gasteiger partial charge in [0.25, 0.3) is 0 Å².